The molecule has 1 aromatic heterocycles. The molecule has 0 bridgehead atoms. The van der Waals surface area contributed by atoms with Crippen LogP contribution in [0.15, 0.2) is 66.7 Å². The summed E-state index contributed by atoms with van der Waals surface area (Å²) in [6.07, 6.45) is 0. The highest BCUT2D eigenvalue weighted by Gasteiger charge is 2.11. The highest BCUT2D eigenvalue weighted by Crippen LogP contribution is 2.36. The van der Waals surface area contributed by atoms with Gasteiger partial charge in [0.1, 0.15) is 5.01 Å². The van der Waals surface area contributed by atoms with Crippen LogP contribution in [0.25, 0.3) is 21.7 Å². The quantitative estimate of drug-likeness (QED) is 0.385. The van der Waals surface area contributed by atoms with Crippen LogP contribution in [0, 0.1) is 0 Å². The number of hydrogen-bond acceptors (Lipinski definition) is 7. The predicted molar refractivity (Wildman–Crippen MR) is 128 cm³/mol. The molecule has 4 rings (SSSR count). The molecule has 8 heteroatoms. The second kappa shape index (κ2) is 9.49. The Hall–Kier alpha value is -3.91. The van der Waals surface area contributed by atoms with Crippen LogP contribution in [-0.4, -0.2) is 30.3 Å². The van der Waals surface area contributed by atoms with Crippen LogP contribution in [0.5, 0.6) is 11.5 Å². The summed E-state index contributed by atoms with van der Waals surface area (Å²) in [5.74, 6) is 1.20. The number of para-hydroxylation sites is 1. The first-order valence-corrected chi connectivity index (χ1v) is 10.7. The van der Waals surface area contributed by atoms with Gasteiger partial charge in [-0.2, -0.15) is 0 Å². The molecule has 0 saturated heterocycles. The molecule has 1 heterocycles. The molecule has 1 amide bonds. The molecule has 0 radical (unpaired) electrons. The molecule has 0 saturated carbocycles. The number of nitrogens with one attached hydrogen (secondary N) is 2. The van der Waals surface area contributed by atoms with Gasteiger partial charge in [0.25, 0.3) is 0 Å². The second-order valence-corrected chi connectivity index (χ2v) is 7.89. The van der Waals surface area contributed by atoms with E-state index in [0.717, 1.165) is 33.1 Å². The Bertz CT molecular complexity index is 1240. The molecule has 0 spiro atoms. The topological polar surface area (TPSA) is 85.4 Å². The van der Waals surface area contributed by atoms with Crippen molar-refractivity contribution in [3.8, 4) is 33.2 Å². The fourth-order valence-electron chi connectivity index (χ4n) is 3.24. The van der Waals surface area contributed by atoms with Gasteiger partial charge in [-0.25, -0.2) is 0 Å². The number of ether oxygens (including phenoxy) is 2. The van der Waals surface area contributed by atoms with E-state index in [1.807, 2.05) is 60.7 Å². The van der Waals surface area contributed by atoms with E-state index in [-0.39, 0.29) is 5.91 Å². The Labute approximate surface area is 190 Å². The fourth-order valence-corrected chi connectivity index (χ4v) is 4.04. The highest BCUT2D eigenvalue weighted by molar-refractivity contribution is 7.18. The van der Waals surface area contributed by atoms with Crippen molar-refractivity contribution in [3.63, 3.8) is 0 Å². The first kappa shape index (κ1) is 21.3. The molecule has 7 nitrogen and oxygen atoms in total. The van der Waals surface area contributed by atoms with Crippen molar-refractivity contribution in [3.05, 3.63) is 66.7 Å². The second-order valence-electron chi connectivity index (χ2n) is 6.91. The van der Waals surface area contributed by atoms with E-state index in [2.05, 4.69) is 26.9 Å². The van der Waals surface area contributed by atoms with Crippen LogP contribution >= 0.6 is 11.3 Å². The summed E-state index contributed by atoms with van der Waals surface area (Å²) in [5.41, 5.74) is 4.89. The summed E-state index contributed by atoms with van der Waals surface area (Å²) in [4.78, 5) is 11.2. The normalized spacial score (nSPS) is 10.5. The first-order chi connectivity index (χ1) is 15.6. The third-order valence-corrected chi connectivity index (χ3v) is 5.63. The standard InChI is InChI=1S/C24H22N4O3S/c1-15(29)25-24-28-27-23(32-24)16-8-11-18(12-9-16)26-20-7-5-4-6-19(20)17-10-13-21(30-2)22(14-17)31-3/h4-14,26H,1-3H3,(H,25,28,29). The molecule has 0 aliphatic rings. The molecule has 2 N–H and O–H groups in total. The van der Waals surface area contributed by atoms with Crippen LogP contribution in [0.3, 0.4) is 0 Å². The number of hydrogen-bond donors (Lipinski definition) is 2. The summed E-state index contributed by atoms with van der Waals surface area (Å²) in [6.45, 7) is 1.45. The first-order valence-electron chi connectivity index (χ1n) is 9.87. The lowest BCUT2D eigenvalue weighted by atomic mass is 10.0. The van der Waals surface area contributed by atoms with Gasteiger partial charge in [-0.1, -0.05) is 35.6 Å². The average Bonchev–Trinajstić information content (AvgIpc) is 3.27. The molecular weight excluding hydrogens is 424 g/mol. The van der Waals surface area contributed by atoms with Gasteiger partial charge in [0.2, 0.25) is 11.0 Å². The predicted octanol–water partition coefficient (Wildman–Crippen LogP) is 5.59. The number of carbonyl (C=O) groups excluding carboxylic acids is 1. The van der Waals surface area contributed by atoms with Gasteiger partial charge >= 0.3 is 0 Å². The lowest BCUT2D eigenvalue weighted by molar-refractivity contribution is -0.114. The van der Waals surface area contributed by atoms with Crippen LogP contribution in [0.1, 0.15) is 6.92 Å². The molecule has 0 unspecified atom stereocenters. The van der Waals surface area contributed by atoms with Crippen molar-refractivity contribution in [1.29, 1.82) is 0 Å². The molecule has 162 valence electrons. The van der Waals surface area contributed by atoms with Crippen molar-refractivity contribution in [2.24, 2.45) is 0 Å². The Kier molecular flexibility index (Phi) is 6.32. The van der Waals surface area contributed by atoms with E-state index in [1.54, 1.807) is 14.2 Å². The maximum absolute atomic E-state index is 11.2. The van der Waals surface area contributed by atoms with E-state index in [4.69, 9.17) is 9.47 Å². The van der Waals surface area contributed by atoms with Crippen LogP contribution in [0.4, 0.5) is 16.5 Å². The number of benzene rings is 3. The average molecular weight is 447 g/mol. The Morgan fingerprint density at radius 3 is 2.31 bits per heavy atom. The van der Waals surface area contributed by atoms with Crippen LogP contribution in [0.2, 0.25) is 0 Å². The summed E-state index contributed by atoms with van der Waals surface area (Å²) in [7, 11) is 3.25. The highest BCUT2D eigenvalue weighted by atomic mass is 32.1. The maximum atomic E-state index is 11.2. The molecule has 32 heavy (non-hydrogen) atoms. The number of nitrogens with zero attached hydrogens (tertiary/aromatic N) is 2. The van der Waals surface area contributed by atoms with E-state index < -0.39 is 0 Å². The van der Waals surface area contributed by atoms with Crippen molar-refractivity contribution < 1.29 is 14.3 Å². The molecule has 0 aliphatic heterocycles. The molecule has 0 fully saturated rings. The zero-order chi connectivity index (χ0) is 22.5. The van der Waals surface area contributed by atoms with Crippen LogP contribution < -0.4 is 20.1 Å². The van der Waals surface area contributed by atoms with Crippen molar-refractivity contribution in [2.75, 3.05) is 24.9 Å². The number of anilines is 3. The third kappa shape index (κ3) is 4.70. The van der Waals surface area contributed by atoms with Gasteiger partial charge in [-0.3, -0.25) is 4.79 Å². The fraction of sp³-hybridized carbons (Fsp3) is 0.125. The number of amides is 1. The van der Waals surface area contributed by atoms with E-state index in [9.17, 15) is 4.79 Å². The Balaban J connectivity index is 1.57. The molecule has 0 atom stereocenters. The smallest absolute Gasteiger partial charge is 0.223 e. The lowest BCUT2D eigenvalue weighted by Crippen LogP contribution is -2.04. The Morgan fingerprint density at radius 2 is 1.59 bits per heavy atom. The zero-order valence-electron chi connectivity index (χ0n) is 17.9. The van der Waals surface area contributed by atoms with Gasteiger partial charge in [0.05, 0.1) is 14.2 Å². The van der Waals surface area contributed by atoms with Crippen molar-refractivity contribution >= 4 is 33.8 Å². The van der Waals surface area contributed by atoms with Gasteiger partial charge < -0.3 is 20.1 Å². The van der Waals surface area contributed by atoms with E-state index in [0.29, 0.717) is 16.6 Å². The van der Waals surface area contributed by atoms with Crippen LogP contribution in [-0.2, 0) is 4.79 Å². The molecule has 3 aromatic carbocycles. The maximum Gasteiger partial charge on any atom is 0.223 e. The third-order valence-electron chi connectivity index (χ3n) is 4.74. The van der Waals surface area contributed by atoms with Crippen molar-refractivity contribution in [1.82, 2.24) is 10.2 Å². The van der Waals surface area contributed by atoms with E-state index in [1.165, 1.54) is 18.3 Å². The van der Waals surface area contributed by atoms with Gasteiger partial charge in [0, 0.05) is 29.4 Å². The lowest BCUT2D eigenvalue weighted by Gasteiger charge is -2.14. The zero-order valence-corrected chi connectivity index (χ0v) is 18.7. The minimum absolute atomic E-state index is 0.166. The molecule has 4 aromatic rings. The summed E-state index contributed by atoms with van der Waals surface area (Å²) in [5, 5.41) is 15.5. The summed E-state index contributed by atoms with van der Waals surface area (Å²) in [6, 6.07) is 21.9. The monoisotopic (exact) mass is 446 g/mol. The number of rotatable bonds is 7. The van der Waals surface area contributed by atoms with E-state index >= 15 is 0 Å². The summed E-state index contributed by atoms with van der Waals surface area (Å²) < 4.78 is 10.8. The Morgan fingerprint density at radius 1 is 0.875 bits per heavy atom. The van der Waals surface area contributed by atoms with Gasteiger partial charge in [-0.15, -0.1) is 10.2 Å². The number of carbonyl (C=O) groups is 1. The van der Waals surface area contributed by atoms with Gasteiger partial charge in [-0.05, 0) is 48.0 Å². The van der Waals surface area contributed by atoms with Crippen molar-refractivity contribution in [2.45, 2.75) is 6.92 Å². The minimum Gasteiger partial charge on any atom is -0.493 e. The number of aromatic nitrogens is 2. The minimum atomic E-state index is -0.166. The summed E-state index contributed by atoms with van der Waals surface area (Å²) >= 11 is 1.33. The largest absolute Gasteiger partial charge is 0.493 e. The molecular formula is C24H22N4O3S. The molecule has 0 aliphatic carbocycles. The van der Waals surface area contributed by atoms with Gasteiger partial charge in [0.15, 0.2) is 11.5 Å². The SMILES string of the molecule is COc1ccc(-c2ccccc2Nc2ccc(-c3nnc(NC(C)=O)s3)cc2)cc1OC. The number of methoxy groups -OCH3 is 2.